The number of hydrogen-bond acceptors (Lipinski definition) is 2. The number of allylic oxidation sites excluding steroid dienone is 1. The fourth-order valence-electron chi connectivity index (χ4n) is 1.74. The average Bonchev–Trinajstić information content (AvgIpc) is 2.49. The van der Waals surface area contributed by atoms with Crippen LogP contribution in [0.25, 0.3) is 6.08 Å². The van der Waals surface area contributed by atoms with E-state index in [9.17, 15) is 4.39 Å². The van der Waals surface area contributed by atoms with Gasteiger partial charge in [0.25, 0.3) is 0 Å². The highest BCUT2D eigenvalue weighted by atomic mass is 32.1. The lowest BCUT2D eigenvalue weighted by Crippen LogP contribution is -1.81. The fourth-order valence-corrected chi connectivity index (χ4v) is 1.84. The van der Waals surface area contributed by atoms with Gasteiger partial charge in [-0.15, -0.1) is 0 Å². The number of halogens is 1. The van der Waals surface area contributed by atoms with Crippen LogP contribution in [0, 0.1) is 17.7 Å². The summed E-state index contributed by atoms with van der Waals surface area (Å²) in [5.74, 6) is 5.47. The van der Waals surface area contributed by atoms with Gasteiger partial charge in [0.1, 0.15) is 5.69 Å². The molecule has 2 aromatic rings. The van der Waals surface area contributed by atoms with E-state index in [0.29, 0.717) is 5.56 Å². The topological polar surface area (TPSA) is 12.4 Å². The standard InChI is InChI=1S/C18H12FNS/c1-2-3-14-4-6-15(7-5-14)8-9-16-10-11-18(20-13-21)17(19)12-16/h2-7,10-12H,1H3/b3-2+. The van der Waals surface area contributed by atoms with Crippen molar-refractivity contribution in [2.75, 3.05) is 0 Å². The Morgan fingerprint density at radius 3 is 2.33 bits per heavy atom. The molecule has 3 heteroatoms. The summed E-state index contributed by atoms with van der Waals surface area (Å²) in [6, 6.07) is 12.4. The molecule has 0 unspecified atom stereocenters. The SMILES string of the molecule is C/C=C/c1ccc(C#Cc2ccc(N=C=S)c(F)c2)cc1. The summed E-state index contributed by atoms with van der Waals surface area (Å²) in [6.07, 6.45) is 4.00. The summed E-state index contributed by atoms with van der Waals surface area (Å²) in [5, 5.41) is 2.14. The van der Waals surface area contributed by atoms with Gasteiger partial charge >= 0.3 is 0 Å². The zero-order valence-electron chi connectivity index (χ0n) is 11.4. The van der Waals surface area contributed by atoms with Crippen molar-refractivity contribution in [1.29, 1.82) is 0 Å². The summed E-state index contributed by atoms with van der Waals surface area (Å²) >= 11 is 4.45. The van der Waals surface area contributed by atoms with E-state index in [1.165, 1.54) is 12.1 Å². The molecule has 0 saturated heterocycles. The molecule has 102 valence electrons. The minimum Gasteiger partial charge on any atom is -0.205 e. The maximum Gasteiger partial charge on any atom is 0.150 e. The molecule has 0 heterocycles. The van der Waals surface area contributed by atoms with Gasteiger partial charge in [-0.25, -0.2) is 4.39 Å². The Hall–Kier alpha value is -2.53. The molecule has 0 amide bonds. The van der Waals surface area contributed by atoms with Gasteiger partial charge in [-0.1, -0.05) is 36.1 Å². The lowest BCUT2D eigenvalue weighted by atomic mass is 10.1. The normalized spacial score (nSPS) is 9.81. The number of rotatable bonds is 2. The molecular weight excluding hydrogens is 281 g/mol. The first-order valence-electron chi connectivity index (χ1n) is 6.35. The van der Waals surface area contributed by atoms with Gasteiger partial charge in [0.2, 0.25) is 0 Å². The van der Waals surface area contributed by atoms with Crippen molar-refractivity contribution in [3.05, 3.63) is 71.0 Å². The van der Waals surface area contributed by atoms with Gasteiger partial charge < -0.3 is 0 Å². The van der Waals surface area contributed by atoms with Gasteiger partial charge in [0.05, 0.1) is 5.16 Å². The largest absolute Gasteiger partial charge is 0.205 e. The fraction of sp³-hybridized carbons (Fsp3) is 0.0556. The summed E-state index contributed by atoms with van der Waals surface area (Å²) < 4.78 is 13.6. The van der Waals surface area contributed by atoms with Crippen molar-refractivity contribution in [2.24, 2.45) is 4.99 Å². The van der Waals surface area contributed by atoms with E-state index in [1.54, 1.807) is 6.07 Å². The van der Waals surface area contributed by atoms with Crippen molar-refractivity contribution in [3.63, 3.8) is 0 Å². The highest BCUT2D eigenvalue weighted by molar-refractivity contribution is 7.78. The molecule has 21 heavy (non-hydrogen) atoms. The Morgan fingerprint density at radius 1 is 1.05 bits per heavy atom. The predicted octanol–water partition coefficient (Wildman–Crippen LogP) is 4.99. The number of thiocarbonyl (C=S) groups is 1. The first-order valence-corrected chi connectivity index (χ1v) is 6.76. The van der Waals surface area contributed by atoms with E-state index in [2.05, 4.69) is 34.2 Å². The molecule has 2 rings (SSSR count). The molecule has 0 saturated carbocycles. The number of isothiocyanates is 1. The zero-order chi connectivity index (χ0) is 15.1. The summed E-state index contributed by atoms with van der Waals surface area (Å²) in [6.45, 7) is 1.97. The van der Waals surface area contributed by atoms with Gasteiger partial charge in [0.15, 0.2) is 5.82 Å². The smallest absolute Gasteiger partial charge is 0.150 e. The molecule has 0 fully saturated rings. The second-order valence-corrected chi connectivity index (χ2v) is 4.42. The molecule has 0 bridgehead atoms. The van der Waals surface area contributed by atoms with Crippen LogP contribution in [0.1, 0.15) is 23.6 Å². The van der Waals surface area contributed by atoms with E-state index >= 15 is 0 Å². The first kappa shape index (κ1) is 14.9. The Morgan fingerprint density at radius 2 is 1.71 bits per heavy atom. The number of benzene rings is 2. The molecule has 0 radical (unpaired) electrons. The van der Waals surface area contributed by atoms with Crippen LogP contribution in [-0.4, -0.2) is 5.16 Å². The van der Waals surface area contributed by atoms with Crippen LogP contribution in [0.15, 0.2) is 53.5 Å². The van der Waals surface area contributed by atoms with Crippen LogP contribution in [0.2, 0.25) is 0 Å². The van der Waals surface area contributed by atoms with Crippen LogP contribution in [0.5, 0.6) is 0 Å². The van der Waals surface area contributed by atoms with Crippen molar-refractivity contribution >= 4 is 29.1 Å². The minimum atomic E-state index is -0.456. The summed E-state index contributed by atoms with van der Waals surface area (Å²) in [4.78, 5) is 3.63. The number of nitrogens with zero attached hydrogens (tertiary/aromatic N) is 1. The van der Waals surface area contributed by atoms with E-state index < -0.39 is 5.82 Å². The van der Waals surface area contributed by atoms with E-state index in [0.717, 1.165) is 11.1 Å². The first-order chi connectivity index (χ1) is 10.2. The Bertz CT molecular complexity index is 773. The van der Waals surface area contributed by atoms with E-state index in [-0.39, 0.29) is 5.69 Å². The molecular formula is C18H12FNS. The molecule has 1 nitrogen and oxygen atoms in total. The quantitative estimate of drug-likeness (QED) is 0.431. The van der Waals surface area contributed by atoms with Gasteiger partial charge in [-0.05, 0) is 55.0 Å². The van der Waals surface area contributed by atoms with Crippen LogP contribution in [0.4, 0.5) is 10.1 Å². The Balaban J connectivity index is 2.22. The summed E-state index contributed by atoms with van der Waals surface area (Å²) in [7, 11) is 0. The zero-order valence-corrected chi connectivity index (χ0v) is 12.2. The maximum atomic E-state index is 13.6. The number of aliphatic imine (C=N–C) groups is 1. The third-order valence-electron chi connectivity index (χ3n) is 2.73. The van der Waals surface area contributed by atoms with Gasteiger partial charge in [-0.3, -0.25) is 0 Å². The van der Waals surface area contributed by atoms with Gasteiger partial charge in [0, 0.05) is 11.1 Å². The molecule has 0 spiro atoms. The minimum absolute atomic E-state index is 0.172. The third-order valence-corrected chi connectivity index (χ3v) is 2.83. The molecule has 0 aliphatic carbocycles. The molecule has 0 aliphatic heterocycles. The van der Waals surface area contributed by atoms with Crippen LogP contribution < -0.4 is 0 Å². The van der Waals surface area contributed by atoms with Crippen LogP contribution in [0.3, 0.4) is 0 Å². The molecule has 0 aliphatic rings. The lowest BCUT2D eigenvalue weighted by molar-refractivity contribution is 0.629. The highest BCUT2D eigenvalue weighted by Gasteiger charge is 2.00. The molecule has 0 aromatic heterocycles. The molecule has 0 atom stereocenters. The molecule has 0 N–H and O–H groups in total. The van der Waals surface area contributed by atoms with E-state index in [4.69, 9.17) is 0 Å². The monoisotopic (exact) mass is 293 g/mol. The van der Waals surface area contributed by atoms with Crippen LogP contribution in [-0.2, 0) is 0 Å². The Kier molecular flexibility index (Phi) is 5.17. The predicted molar refractivity (Wildman–Crippen MR) is 88.2 cm³/mol. The van der Waals surface area contributed by atoms with Crippen molar-refractivity contribution < 1.29 is 4.39 Å². The van der Waals surface area contributed by atoms with Crippen molar-refractivity contribution in [2.45, 2.75) is 6.92 Å². The second-order valence-electron chi connectivity index (χ2n) is 4.24. The number of hydrogen-bond donors (Lipinski definition) is 0. The maximum absolute atomic E-state index is 13.6. The lowest BCUT2D eigenvalue weighted by Gasteiger charge is -1.96. The average molecular weight is 293 g/mol. The van der Waals surface area contributed by atoms with E-state index in [1.807, 2.05) is 43.3 Å². The second kappa shape index (κ2) is 7.31. The highest BCUT2D eigenvalue weighted by Crippen LogP contribution is 2.18. The van der Waals surface area contributed by atoms with Gasteiger partial charge in [-0.2, -0.15) is 4.99 Å². The van der Waals surface area contributed by atoms with Crippen molar-refractivity contribution in [1.82, 2.24) is 0 Å². The Labute approximate surface area is 128 Å². The van der Waals surface area contributed by atoms with Crippen molar-refractivity contribution in [3.8, 4) is 11.8 Å². The summed E-state index contributed by atoms with van der Waals surface area (Å²) in [5.41, 5.74) is 2.76. The van der Waals surface area contributed by atoms with Crippen LogP contribution >= 0.6 is 12.2 Å². The third kappa shape index (κ3) is 4.22. The molecule has 2 aromatic carbocycles.